The van der Waals surface area contributed by atoms with Gasteiger partial charge in [-0.05, 0) is 64.8 Å². The third kappa shape index (κ3) is 5.06. The van der Waals surface area contributed by atoms with Crippen LogP contribution in [0.15, 0.2) is 56.7 Å². The van der Waals surface area contributed by atoms with Gasteiger partial charge in [0.05, 0.1) is 7.11 Å². The van der Waals surface area contributed by atoms with Gasteiger partial charge in [-0.15, -0.1) is 0 Å². The van der Waals surface area contributed by atoms with Crippen molar-refractivity contribution < 1.29 is 4.74 Å². The summed E-state index contributed by atoms with van der Waals surface area (Å²) in [6.45, 7) is 4.14. The molecule has 0 saturated heterocycles. The Morgan fingerprint density at radius 1 is 1.19 bits per heavy atom. The van der Waals surface area contributed by atoms with Crippen LogP contribution in [0.25, 0.3) is 0 Å². The van der Waals surface area contributed by atoms with Crippen molar-refractivity contribution >= 4 is 27.7 Å². The fourth-order valence-electron chi connectivity index (χ4n) is 1.94. The summed E-state index contributed by atoms with van der Waals surface area (Å²) in [5.74, 6) is 0.886. The van der Waals surface area contributed by atoms with Crippen LogP contribution in [0.3, 0.4) is 0 Å². The lowest BCUT2D eigenvalue weighted by atomic mass is 10.2. The number of rotatable bonds is 7. The SMILES string of the molecule is CCCNCc1ccc(Sc2cccc(OC)c2)c(Br)c1. The van der Waals surface area contributed by atoms with Gasteiger partial charge < -0.3 is 10.1 Å². The fourth-order valence-corrected chi connectivity index (χ4v) is 3.48. The Bertz CT molecular complexity index is 589. The maximum Gasteiger partial charge on any atom is 0.119 e. The zero-order valence-corrected chi connectivity index (χ0v) is 14.8. The molecular formula is C17H20BrNOS. The van der Waals surface area contributed by atoms with Crippen LogP contribution in [0.1, 0.15) is 18.9 Å². The van der Waals surface area contributed by atoms with Crippen LogP contribution in [0.5, 0.6) is 5.75 Å². The number of halogens is 1. The van der Waals surface area contributed by atoms with Gasteiger partial charge in [0, 0.05) is 20.8 Å². The summed E-state index contributed by atoms with van der Waals surface area (Å²) in [4.78, 5) is 2.38. The third-order valence-electron chi connectivity index (χ3n) is 3.02. The Kier molecular flexibility index (Phi) is 6.61. The first kappa shape index (κ1) is 16.4. The van der Waals surface area contributed by atoms with Crippen LogP contribution >= 0.6 is 27.7 Å². The maximum atomic E-state index is 5.26. The van der Waals surface area contributed by atoms with Crippen LogP contribution in [0.2, 0.25) is 0 Å². The minimum absolute atomic E-state index is 0.886. The number of benzene rings is 2. The second-order valence-corrected chi connectivity index (χ2v) is 6.69. The Morgan fingerprint density at radius 3 is 2.76 bits per heavy atom. The number of ether oxygens (including phenoxy) is 1. The summed E-state index contributed by atoms with van der Waals surface area (Å²) in [6.07, 6.45) is 1.16. The van der Waals surface area contributed by atoms with Gasteiger partial charge in [0.15, 0.2) is 0 Å². The first-order chi connectivity index (χ1) is 10.2. The van der Waals surface area contributed by atoms with Crippen molar-refractivity contribution in [1.82, 2.24) is 5.32 Å². The van der Waals surface area contributed by atoms with Gasteiger partial charge in [-0.2, -0.15) is 0 Å². The second-order valence-electron chi connectivity index (χ2n) is 4.72. The molecule has 1 N–H and O–H groups in total. The molecule has 0 unspecified atom stereocenters. The highest BCUT2D eigenvalue weighted by Crippen LogP contribution is 2.35. The smallest absolute Gasteiger partial charge is 0.119 e. The highest BCUT2D eigenvalue weighted by Gasteiger charge is 2.05. The van der Waals surface area contributed by atoms with E-state index in [0.29, 0.717) is 0 Å². The number of hydrogen-bond donors (Lipinski definition) is 1. The molecule has 0 saturated carbocycles. The first-order valence-electron chi connectivity index (χ1n) is 7.04. The van der Waals surface area contributed by atoms with Crippen molar-refractivity contribution in [2.24, 2.45) is 0 Å². The summed E-state index contributed by atoms with van der Waals surface area (Å²) in [5.41, 5.74) is 1.30. The molecule has 0 aliphatic carbocycles. The van der Waals surface area contributed by atoms with E-state index in [4.69, 9.17) is 4.74 Å². The van der Waals surface area contributed by atoms with Crippen LogP contribution in [0.4, 0.5) is 0 Å². The van der Waals surface area contributed by atoms with Crippen molar-refractivity contribution in [2.45, 2.75) is 29.7 Å². The normalized spacial score (nSPS) is 10.6. The predicted octanol–water partition coefficient (Wildman–Crippen LogP) is 5.11. The average molecular weight is 366 g/mol. The Balaban J connectivity index is 2.06. The van der Waals surface area contributed by atoms with Gasteiger partial charge in [-0.1, -0.05) is 30.8 Å². The summed E-state index contributed by atoms with van der Waals surface area (Å²) in [7, 11) is 1.69. The van der Waals surface area contributed by atoms with E-state index in [-0.39, 0.29) is 0 Å². The van der Waals surface area contributed by atoms with Crippen LogP contribution < -0.4 is 10.1 Å². The highest BCUT2D eigenvalue weighted by atomic mass is 79.9. The lowest BCUT2D eigenvalue weighted by Gasteiger charge is -2.09. The molecule has 0 aliphatic rings. The second kappa shape index (κ2) is 8.47. The Hall–Kier alpha value is -0.970. The van der Waals surface area contributed by atoms with Crippen LogP contribution in [0, 0.1) is 0 Å². The van der Waals surface area contributed by atoms with Crippen molar-refractivity contribution in [3.8, 4) is 5.75 Å². The fraction of sp³-hybridized carbons (Fsp3) is 0.294. The molecule has 0 aromatic heterocycles. The Morgan fingerprint density at radius 2 is 2.05 bits per heavy atom. The molecule has 0 atom stereocenters. The largest absolute Gasteiger partial charge is 0.497 e. The van der Waals surface area contributed by atoms with Gasteiger partial charge >= 0.3 is 0 Å². The third-order valence-corrected chi connectivity index (χ3v) is 5.01. The lowest BCUT2D eigenvalue weighted by molar-refractivity contribution is 0.413. The van der Waals surface area contributed by atoms with Crippen LogP contribution in [-0.4, -0.2) is 13.7 Å². The van der Waals surface area contributed by atoms with Crippen molar-refractivity contribution in [3.63, 3.8) is 0 Å². The minimum atomic E-state index is 0.886. The highest BCUT2D eigenvalue weighted by molar-refractivity contribution is 9.10. The van der Waals surface area contributed by atoms with E-state index in [1.54, 1.807) is 18.9 Å². The zero-order chi connectivity index (χ0) is 15.1. The van der Waals surface area contributed by atoms with E-state index in [0.717, 1.165) is 29.7 Å². The van der Waals surface area contributed by atoms with E-state index in [1.807, 2.05) is 18.2 Å². The molecule has 4 heteroatoms. The van der Waals surface area contributed by atoms with E-state index < -0.39 is 0 Å². The topological polar surface area (TPSA) is 21.3 Å². The molecule has 2 rings (SSSR count). The van der Waals surface area contributed by atoms with Crippen molar-refractivity contribution in [3.05, 3.63) is 52.5 Å². The van der Waals surface area contributed by atoms with Gasteiger partial charge in [-0.3, -0.25) is 0 Å². The average Bonchev–Trinajstić information content (AvgIpc) is 2.50. The van der Waals surface area contributed by atoms with Gasteiger partial charge in [0.1, 0.15) is 5.75 Å². The minimum Gasteiger partial charge on any atom is -0.497 e. The molecule has 2 aromatic carbocycles. The molecule has 21 heavy (non-hydrogen) atoms. The zero-order valence-electron chi connectivity index (χ0n) is 12.4. The van der Waals surface area contributed by atoms with E-state index in [9.17, 15) is 0 Å². The monoisotopic (exact) mass is 365 g/mol. The van der Waals surface area contributed by atoms with Crippen LogP contribution in [-0.2, 0) is 6.54 Å². The molecule has 0 radical (unpaired) electrons. The first-order valence-corrected chi connectivity index (χ1v) is 8.65. The maximum absolute atomic E-state index is 5.26. The predicted molar refractivity (Wildman–Crippen MR) is 93.3 cm³/mol. The van der Waals surface area contributed by atoms with Crippen molar-refractivity contribution in [1.29, 1.82) is 0 Å². The molecule has 0 spiro atoms. The van der Waals surface area contributed by atoms with Crippen molar-refractivity contribution in [2.75, 3.05) is 13.7 Å². The molecule has 0 aliphatic heterocycles. The molecule has 0 amide bonds. The molecule has 112 valence electrons. The standard InChI is InChI=1S/C17H20BrNOS/c1-3-9-19-12-13-7-8-17(16(18)10-13)21-15-6-4-5-14(11-15)20-2/h4-8,10-11,19H,3,9,12H2,1-2H3. The molecular weight excluding hydrogens is 346 g/mol. The molecule has 2 aromatic rings. The number of nitrogens with one attached hydrogen (secondary N) is 1. The summed E-state index contributed by atoms with van der Waals surface area (Å²) in [5, 5.41) is 3.42. The van der Waals surface area contributed by atoms with Gasteiger partial charge in [0.2, 0.25) is 0 Å². The molecule has 0 bridgehead atoms. The van der Waals surface area contributed by atoms with E-state index >= 15 is 0 Å². The summed E-state index contributed by atoms with van der Waals surface area (Å²) >= 11 is 5.40. The van der Waals surface area contributed by atoms with Gasteiger partial charge in [0.25, 0.3) is 0 Å². The summed E-state index contributed by atoms with van der Waals surface area (Å²) < 4.78 is 6.39. The Labute approximate surface area is 139 Å². The number of hydrogen-bond acceptors (Lipinski definition) is 3. The molecule has 0 heterocycles. The molecule has 0 fully saturated rings. The van der Waals surface area contributed by atoms with Gasteiger partial charge in [-0.25, -0.2) is 0 Å². The van der Waals surface area contributed by atoms with E-state index in [2.05, 4.69) is 52.4 Å². The van der Waals surface area contributed by atoms with E-state index in [1.165, 1.54) is 15.4 Å². The lowest BCUT2D eigenvalue weighted by Crippen LogP contribution is -2.13. The summed E-state index contributed by atoms with van der Waals surface area (Å²) in [6, 6.07) is 14.6. The molecule has 2 nitrogen and oxygen atoms in total. The quantitative estimate of drug-likeness (QED) is 0.688. The number of methoxy groups -OCH3 is 1.